The van der Waals surface area contributed by atoms with Gasteiger partial charge in [0.05, 0.1) is 38.8 Å². The summed E-state index contributed by atoms with van der Waals surface area (Å²) >= 11 is 0. The van der Waals surface area contributed by atoms with E-state index in [4.69, 9.17) is 33.3 Å². The van der Waals surface area contributed by atoms with E-state index >= 15 is 0 Å². The molecule has 0 radical (unpaired) electrons. The minimum atomic E-state index is -1.24. The molecule has 218 valence electrons. The van der Waals surface area contributed by atoms with Gasteiger partial charge in [-0.3, -0.25) is 38.4 Å². The molecule has 0 saturated heterocycles. The maximum atomic E-state index is 12.7. The molecular weight excluding hydrogens is 536 g/mol. The number of carbonyl (C=O) groups is 8. The van der Waals surface area contributed by atoms with Gasteiger partial charge in [-0.15, -0.1) is 12.8 Å². The normalized spacial score (nSPS) is 9.85. The zero-order valence-electron chi connectivity index (χ0n) is 21.5. The van der Waals surface area contributed by atoms with Crippen molar-refractivity contribution in [2.75, 3.05) is 39.3 Å². The van der Waals surface area contributed by atoms with Crippen LogP contribution in [0.25, 0.3) is 0 Å². The highest BCUT2D eigenvalue weighted by Gasteiger charge is 2.28. The van der Waals surface area contributed by atoms with Gasteiger partial charge in [0.25, 0.3) is 0 Å². The first-order valence-corrected chi connectivity index (χ1v) is 11.7. The number of carbonyl (C=O) groups excluding carboxylic acids is 4. The van der Waals surface area contributed by atoms with E-state index in [9.17, 15) is 38.4 Å². The molecular formula is C24H30N4O12. The van der Waals surface area contributed by atoms with Crippen LogP contribution in [0.1, 0.15) is 38.5 Å². The van der Waals surface area contributed by atoms with Crippen molar-refractivity contribution in [2.24, 2.45) is 0 Å². The van der Waals surface area contributed by atoms with Gasteiger partial charge >= 0.3 is 35.7 Å². The summed E-state index contributed by atoms with van der Waals surface area (Å²) in [5.41, 5.74) is 0. The Bertz CT molecular complexity index is 955. The van der Waals surface area contributed by atoms with Crippen molar-refractivity contribution in [1.29, 1.82) is 0 Å². The Morgan fingerprint density at radius 2 is 0.700 bits per heavy atom. The molecule has 4 amide bonds. The monoisotopic (exact) mass is 566 g/mol. The molecule has 16 heteroatoms. The largest absolute Gasteiger partial charge is 0.481 e. The maximum Gasteiger partial charge on any atom is 0.316 e. The molecule has 4 N–H and O–H groups in total. The molecule has 16 nitrogen and oxygen atoms in total. The number of terminal acetylenes is 2. The van der Waals surface area contributed by atoms with Crippen LogP contribution >= 0.6 is 0 Å². The first-order valence-electron chi connectivity index (χ1n) is 11.7. The van der Waals surface area contributed by atoms with E-state index in [0.29, 0.717) is 10.0 Å². The molecule has 0 aliphatic heterocycles. The SMILES string of the molecule is C#CC(=O)N(CCC(=O)N(CCC(=O)O)CCC(=O)O)N(CCC(=O)N(CCC(=O)O)CCC(=O)O)C(=O)C#C. The standard InChI is InChI=1S/C24H30N4O12/c1-3-17(29)27(15-5-19(31)25(11-7-21(33)34)12-8-22(35)36)28(18(30)4-2)16-6-20(32)26(13-9-23(37)38)14-10-24(39)40/h1-2H,5-16H2,(H,33,34)(H,35,36)(H,37,38)(H,39,40). The Hall–Kier alpha value is -5.12. The van der Waals surface area contributed by atoms with Gasteiger partial charge in [-0.05, 0) is 11.8 Å². The molecule has 0 aromatic heterocycles. The molecule has 0 saturated carbocycles. The minimum absolute atomic E-state index is 0.325. The zero-order chi connectivity index (χ0) is 30.8. The number of hydrogen-bond donors (Lipinski definition) is 4. The fraction of sp³-hybridized carbons (Fsp3) is 0.500. The number of aliphatic carboxylic acids is 4. The number of carboxylic acid groups (broad SMARTS) is 4. The van der Waals surface area contributed by atoms with E-state index in [1.807, 2.05) is 0 Å². The molecule has 0 fully saturated rings. The van der Waals surface area contributed by atoms with Gasteiger partial charge in [0.2, 0.25) is 11.8 Å². The minimum Gasteiger partial charge on any atom is -0.481 e. The number of hydrogen-bond acceptors (Lipinski definition) is 8. The van der Waals surface area contributed by atoms with Crippen LogP contribution in [0, 0.1) is 24.7 Å². The van der Waals surface area contributed by atoms with Crippen LogP contribution in [-0.2, 0) is 38.4 Å². The van der Waals surface area contributed by atoms with Gasteiger partial charge < -0.3 is 30.2 Å². The van der Waals surface area contributed by atoms with Crippen LogP contribution in [0.15, 0.2) is 0 Å². The number of hydrazine groups is 1. The fourth-order valence-corrected chi connectivity index (χ4v) is 3.18. The van der Waals surface area contributed by atoms with Gasteiger partial charge in [0.1, 0.15) is 0 Å². The smallest absolute Gasteiger partial charge is 0.316 e. The van der Waals surface area contributed by atoms with Crippen molar-refractivity contribution >= 4 is 47.5 Å². The summed E-state index contributed by atoms with van der Waals surface area (Å²) in [4.78, 5) is 95.8. The van der Waals surface area contributed by atoms with Gasteiger partial charge in [-0.2, -0.15) is 0 Å². The first kappa shape index (κ1) is 34.9. The third-order valence-electron chi connectivity index (χ3n) is 5.17. The highest BCUT2D eigenvalue weighted by molar-refractivity contribution is 5.98. The Labute approximate surface area is 229 Å². The van der Waals surface area contributed by atoms with E-state index < -0.39 is 99.1 Å². The van der Waals surface area contributed by atoms with Crippen LogP contribution in [0.2, 0.25) is 0 Å². The lowest BCUT2D eigenvalue weighted by atomic mass is 10.2. The third-order valence-corrected chi connectivity index (χ3v) is 5.17. The van der Waals surface area contributed by atoms with E-state index in [2.05, 4.69) is 0 Å². The summed E-state index contributed by atoms with van der Waals surface area (Å²) in [6.45, 7) is -2.41. The van der Waals surface area contributed by atoms with Crippen molar-refractivity contribution in [3.8, 4) is 24.7 Å². The lowest BCUT2D eigenvalue weighted by molar-refractivity contribution is -0.158. The van der Waals surface area contributed by atoms with Crippen LogP contribution < -0.4 is 0 Å². The van der Waals surface area contributed by atoms with Crippen LogP contribution in [0.5, 0.6) is 0 Å². The fourth-order valence-electron chi connectivity index (χ4n) is 3.18. The lowest BCUT2D eigenvalue weighted by Gasteiger charge is -2.33. The highest BCUT2D eigenvalue weighted by Crippen LogP contribution is 2.09. The van der Waals surface area contributed by atoms with E-state index in [0.717, 1.165) is 9.80 Å². The predicted octanol–water partition coefficient (Wildman–Crippen LogP) is -1.84. The van der Waals surface area contributed by atoms with Crippen molar-refractivity contribution < 1.29 is 58.8 Å². The van der Waals surface area contributed by atoms with Crippen LogP contribution in [0.3, 0.4) is 0 Å². The maximum absolute atomic E-state index is 12.7. The van der Waals surface area contributed by atoms with Gasteiger partial charge in [-0.25, -0.2) is 10.0 Å². The number of nitrogens with zero attached hydrogens (tertiary/aromatic N) is 4. The predicted molar refractivity (Wildman–Crippen MR) is 132 cm³/mol. The second-order valence-electron chi connectivity index (χ2n) is 7.98. The van der Waals surface area contributed by atoms with Gasteiger partial charge in [-0.1, -0.05) is 0 Å². The molecule has 0 spiro atoms. The van der Waals surface area contributed by atoms with Crippen molar-refractivity contribution in [3.63, 3.8) is 0 Å². The molecule has 0 aliphatic carbocycles. The molecule has 0 heterocycles. The number of carboxylic acids is 4. The Kier molecular flexibility index (Phi) is 15.9. The summed E-state index contributed by atoms with van der Waals surface area (Å²) in [6, 6.07) is 0. The summed E-state index contributed by atoms with van der Waals surface area (Å²) in [5.74, 6) is -5.22. The highest BCUT2D eigenvalue weighted by atomic mass is 16.4. The van der Waals surface area contributed by atoms with Crippen molar-refractivity contribution in [2.45, 2.75) is 38.5 Å². The zero-order valence-corrected chi connectivity index (χ0v) is 21.5. The van der Waals surface area contributed by atoms with Gasteiger partial charge in [0.15, 0.2) is 0 Å². The average molecular weight is 567 g/mol. The summed E-state index contributed by atoms with van der Waals surface area (Å²) in [7, 11) is 0. The van der Waals surface area contributed by atoms with Crippen LogP contribution in [0.4, 0.5) is 0 Å². The van der Waals surface area contributed by atoms with Crippen molar-refractivity contribution in [3.05, 3.63) is 0 Å². The Morgan fingerprint density at radius 1 is 0.450 bits per heavy atom. The molecule has 0 unspecified atom stereocenters. The summed E-state index contributed by atoms with van der Waals surface area (Å²) in [5, 5.41) is 36.8. The second-order valence-corrected chi connectivity index (χ2v) is 7.98. The average Bonchev–Trinajstić information content (AvgIpc) is 2.88. The quantitative estimate of drug-likeness (QED) is 0.106. The van der Waals surface area contributed by atoms with Crippen molar-refractivity contribution in [1.82, 2.24) is 19.8 Å². The molecule has 0 aromatic rings. The van der Waals surface area contributed by atoms with E-state index in [1.165, 1.54) is 0 Å². The topological polar surface area (TPSA) is 230 Å². The third kappa shape index (κ3) is 14.0. The van der Waals surface area contributed by atoms with Gasteiger partial charge in [0, 0.05) is 39.0 Å². The summed E-state index contributed by atoms with van der Waals surface area (Å²) < 4.78 is 0. The molecule has 0 atom stereocenters. The lowest BCUT2D eigenvalue weighted by Crippen LogP contribution is -2.51. The first-order chi connectivity index (χ1) is 18.7. The molecule has 0 aromatic carbocycles. The second kappa shape index (κ2) is 18.2. The molecule has 40 heavy (non-hydrogen) atoms. The Morgan fingerprint density at radius 3 is 0.900 bits per heavy atom. The molecule has 0 rings (SSSR count). The number of amides is 4. The number of rotatable bonds is 18. The molecule has 0 aliphatic rings. The van der Waals surface area contributed by atoms with E-state index in [1.54, 1.807) is 11.8 Å². The molecule has 0 bridgehead atoms. The Balaban J connectivity index is 5.74. The summed E-state index contributed by atoms with van der Waals surface area (Å²) in [6.07, 6.45) is 7.36. The van der Waals surface area contributed by atoms with Crippen LogP contribution in [-0.4, -0.2) is 127 Å². The van der Waals surface area contributed by atoms with E-state index in [-0.39, 0.29) is 26.2 Å².